The summed E-state index contributed by atoms with van der Waals surface area (Å²) in [5.74, 6) is 0.0279. The smallest absolute Gasteiger partial charge is 0.251 e. The first-order chi connectivity index (χ1) is 9.49. The molecule has 0 saturated carbocycles. The van der Waals surface area contributed by atoms with Crippen LogP contribution < -0.4 is 11.1 Å². The molecule has 0 aliphatic carbocycles. The summed E-state index contributed by atoms with van der Waals surface area (Å²) in [5, 5.41) is 2.92. The first-order valence-corrected chi connectivity index (χ1v) is 6.92. The van der Waals surface area contributed by atoms with Crippen LogP contribution in [0.15, 0.2) is 18.2 Å². The highest BCUT2D eigenvalue weighted by Gasteiger charge is 2.22. The molecule has 5 heteroatoms. The number of hydrogen-bond donors (Lipinski definition) is 2. The predicted molar refractivity (Wildman–Crippen MR) is 78.3 cm³/mol. The number of carbonyl (C=O) groups is 2. The molecule has 1 aliphatic rings. The van der Waals surface area contributed by atoms with Crippen molar-refractivity contribution in [2.75, 3.05) is 18.8 Å². The monoisotopic (exact) mass is 275 g/mol. The van der Waals surface area contributed by atoms with Gasteiger partial charge in [0, 0.05) is 36.8 Å². The summed E-state index contributed by atoms with van der Waals surface area (Å²) in [5.41, 5.74) is 7.79. The summed E-state index contributed by atoms with van der Waals surface area (Å²) < 4.78 is 0. The zero-order chi connectivity index (χ0) is 14.7. The third-order valence-electron chi connectivity index (χ3n) is 3.66. The molecule has 1 unspecified atom stereocenters. The molecule has 0 aromatic heterocycles. The Morgan fingerprint density at radius 3 is 2.90 bits per heavy atom. The molecular formula is C15H21N3O2. The van der Waals surface area contributed by atoms with Gasteiger partial charge in [0.15, 0.2) is 0 Å². The van der Waals surface area contributed by atoms with E-state index in [1.807, 2.05) is 13.8 Å². The number of hydrogen-bond acceptors (Lipinski definition) is 3. The summed E-state index contributed by atoms with van der Waals surface area (Å²) in [6.45, 7) is 5.09. The first kappa shape index (κ1) is 14.4. The van der Waals surface area contributed by atoms with Gasteiger partial charge in [0.1, 0.15) is 0 Å². The summed E-state index contributed by atoms with van der Waals surface area (Å²) in [4.78, 5) is 25.6. The van der Waals surface area contributed by atoms with Gasteiger partial charge < -0.3 is 16.0 Å². The number of nitrogen functional groups attached to an aromatic ring is 1. The molecule has 1 aliphatic heterocycles. The van der Waals surface area contributed by atoms with Crippen molar-refractivity contribution in [3.63, 3.8) is 0 Å². The van der Waals surface area contributed by atoms with Crippen molar-refractivity contribution in [3.05, 3.63) is 29.3 Å². The summed E-state index contributed by atoms with van der Waals surface area (Å²) in [6, 6.07) is 5.23. The molecule has 1 aromatic carbocycles. The van der Waals surface area contributed by atoms with Gasteiger partial charge in [-0.3, -0.25) is 9.59 Å². The van der Waals surface area contributed by atoms with Gasteiger partial charge in [0.05, 0.1) is 0 Å². The van der Waals surface area contributed by atoms with Gasteiger partial charge in [-0.2, -0.15) is 0 Å². The van der Waals surface area contributed by atoms with E-state index < -0.39 is 0 Å². The van der Waals surface area contributed by atoms with Gasteiger partial charge in [-0.1, -0.05) is 6.07 Å². The number of anilines is 1. The molecule has 1 aromatic rings. The number of amides is 2. The van der Waals surface area contributed by atoms with Crippen molar-refractivity contribution >= 4 is 17.5 Å². The minimum absolute atomic E-state index is 0.0784. The van der Waals surface area contributed by atoms with Crippen molar-refractivity contribution in [1.82, 2.24) is 10.2 Å². The molecule has 1 heterocycles. The van der Waals surface area contributed by atoms with E-state index >= 15 is 0 Å². The zero-order valence-electron chi connectivity index (χ0n) is 12.0. The van der Waals surface area contributed by atoms with E-state index in [-0.39, 0.29) is 17.9 Å². The van der Waals surface area contributed by atoms with Crippen molar-refractivity contribution in [1.29, 1.82) is 0 Å². The van der Waals surface area contributed by atoms with Crippen LogP contribution in [0.2, 0.25) is 0 Å². The second kappa shape index (κ2) is 5.94. The van der Waals surface area contributed by atoms with Crippen LogP contribution in [0.25, 0.3) is 0 Å². The molecule has 0 radical (unpaired) electrons. The predicted octanol–water partition coefficient (Wildman–Crippen LogP) is 1.32. The lowest BCUT2D eigenvalue weighted by atomic mass is 10.1. The molecule has 0 bridgehead atoms. The lowest BCUT2D eigenvalue weighted by molar-refractivity contribution is -0.127. The standard InChI is InChI=1S/C15H21N3O2/c1-10(9-18-8-4-7-14(18)19)17-15(20)12-5-3-6-13(16)11(12)2/h3,5-6,10H,4,7-9,16H2,1-2H3,(H,17,20). The van der Waals surface area contributed by atoms with E-state index in [4.69, 9.17) is 5.73 Å². The molecule has 108 valence electrons. The van der Waals surface area contributed by atoms with E-state index in [1.54, 1.807) is 23.1 Å². The maximum Gasteiger partial charge on any atom is 0.251 e. The maximum atomic E-state index is 12.2. The zero-order valence-corrected chi connectivity index (χ0v) is 12.0. The van der Waals surface area contributed by atoms with Gasteiger partial charge in [-0.05, 0) is 38.0 Å². The molecular weight excluding hydrogens is 254 g/mol. The topological polar surface area (TPSA) is 75.4 Å². The van der Waals surface area contributed by atoms with E-state index in [9.17, 15) is 9.59 Å². The van der Waals surface area contributed by atoms with E-state index in [1.165, 1.54) is 0 Å². The van der Waals surface area contributed by atoms with Crippen molar-refractivity contribution < 1.29 is 9.59 Å². The largest absolute Gasteiger partial charge is 0.398 e. The molecule has 0 spiro atoms. The van der Waals surface area contributed by atoms with Crippen LogP contribution in [0.5, 0.6) is 0 Å². The van der Waals surface area contributed by atoms with E-state index in [0.717, 1.165) is 18.5 Å². The Hall–Kier alpha value is -2.04. The molecule has 1 atom stereocenters. The second-order valence-electron chi connectivity index (χ2n) is 5.34. The van der Waals surface area contributed by atoms with E-state index in [2.05, 4.69) is 5.32 Å². The van der Waals surface area contributed by atoms with Gasteiger partial charge in [0.2, 0.25) is 5.91 Å². The van der Waals surface area contributed by atoms with Crippen LogP contribution >= 0.6 is 0 Å². The Morgan fingerprint density at radius 2 is 2.25 bits per heavy atom. The highest BCUT2D eigenvalue weighted by Crippen LogP contribution is 2.16. The minimum atomic E-state index is -0.144. The maximum absolute atomic E-state index is 12.2. The average molecular weight is 275 g/mol. The Kier molecular flexibility index (Phi) is 4.27. The Balaban J connectivity index is 1.97. The van der Waals surface area contributed by atoms with Crippen molar-refractivity contribution in [2.24, 2.45) is 0 Å². The quantitative estimate of drug-likeness (QED) is 0.814. The number of nitrogens with zero attached hydrogens (tertiary/aromatic N) is 1. The van der Waals surface area contributed by atoms with Crippen LogP contribution in [0, 0.1) is 6.92 Å². The number of nitrogens with two attached hydrogens (primary N) is 1. The minimum Gasteiger partial charge on any atom is -0.398 e. The third-order valence-corrected chi connectivity index (χ3v) is 3.66. The normalized spacial score (nSPS) is 16.3. The molecule has 1 saturated heterocycles. The van der Waals surface area contributed by atoms with Crippen molar-refractivity contribution in [3.8, 4) is 0 Å². The Labute approximate surface area is 119 Å². The van der Waals surface area contributed by atoms with Gasteiger partial charge in [-0.15, -0.1) is 0 Å². The number of benzene rings is 1. The fourth-order valence-electron chi connectivity index (χ4n) is 2.47. The van der Waals surface area contributed by atoms with E-state index in [0.29, 0.717) is 24.2 Å². The SMILES string of the molecule is Cc1c(N)cccc1C(=O)NC(C)CN1CCCC1=O. The van der Waals surface area contributed by atoms with Crippen molar-refractivity contribution in [2.45, 2.75) is 32.7 Å². The van der Waals surface area contributed by atoms with Crippen LogP contribution in [0.4, 0.5) is 5.69 Å². The van der Waals surface area contributed by atoms with Gasteiger partial charge in [-0.25, -0.2) is 0 Å². The van der Waals surface area contributed by atoms with Crippen LogP contribution in [-0.2, 0) is 4.79 Å². The molecule has 2 rings (SSSR count). The molecule has 20 heavy (non-hydrogen) atoms. The fourth-order valence-corrected chi connectivity index (χ4v) is 2.47. The molecule has 1 fully saturated rings. The third kappa shape index (κ3) is 3.10. The average Bonchev–Trinajstić information content (AvgIpc) is 2.78. The van der Waals surface area contributed by atoms with Gasteiger partial charge in [0.25, 0.3) is 5.91 Å². The highest BCUT2D eigenvalue weighted by molar-refractivity contribution is 5.97. The second-order valence-corrected chi connectivity index (χ2v) is 5.34. The highest BCUT2D eigenvalue weighted by atomic mass is 16.2. The fraction of sp³-hybridized carbons (Fsp3) is 0.467. The van der Waals surface area contributed by atoms with Gasteiger partial charge >= 0.3 is 0 Å². The molecule has 3 N–H and O–H groups in total. The number of carbonyl (C=O) groups excluding carboxylic acids is 2. The lowest BCUT2D eigenvalue weighted by Crippen LogP contribution is -2.42. The van der Waals surface area contributed by atoms with Crippen LogP contribution in [-0.4, -0.2) is 35.8 Å². The summed E-state index contributed by atoms with van der Waals surface area (Å²) in [6.07, 6.45) is 1.53. The number of rotatable bonds is 4. The Morgan fingerprint density at radius 1 is 1.50 bits per heavy atom. The van der Waals surface area contributed by atoms with Crippen LogP contribution in [0.3, 0.4) is 0 Å². The number of likely N-dealkylation sites (tertiary alicyclic amines) is 1. The number of nitrogens with one attached hydrogen (secondary N) is 1. The summed E-state index contributed by atoms with van der Waals surface area (Å²) in [7, 11) is 0. The molecule has 2 amide bonds. The lowest BCUT2D eigenvalue weighted by Gasteiger charge is -2.22. The first-order valence-electron chi connectivity index (χ1n) is 6.92. The molecule has 5 nitrogen and oxygen atoms in total. The summed E-state index contributed by atoms with van der Waals surface area (Å²) >= 11 is 0. The van der Waals surface area contributed by atoms with Crippen LogP contribution in [0.1, 0.15) is 35.7 Å². The Bertz CT molecular complexity index is 528.